The number of benzene rings is 1. The Balaban J connectivity index is 0.00000156. The number of hydrogen-bond donors (Lipinski definition) is 2. The Labute approximate surface area is 162 Å². The molecule has 0 aromatic heterocycles. The fraction of sp³-hybridized carbons (Fsp3) is 0.611. The zero-order chi connectivity index (χ0) is 16.4. The summed E-state index contributed by atoms with van der Waals surface area (Å²) in [7, 11) is 4.03. The summed E-state index contributed by atoms with van der Waals surface area (Å²) in [4.78, 5) is 14.6. The number of hydrogen-bond acceptors (Lipinski definition) is 4. The Hall–Kier alpha value is -1.01. The molecule has 1 amide bonds. The molecular formula is C18H29Cl2N3O2. The first-order valence-electron chi connectivity index (χ1n) is 8.48. The monoisotopic (exact) mass is 389 g/mol. The summed E-state index contributed by atoms with van der Waals surface area (Å²) in [5.41, 5.74) is 7.05. The molecule has 0 spiro atoms. The Kier molecular flexibility index (Phi) is 8.48. The van der Waals surface area contributed by atoms with Crippen LogP contribution in [0.25, 0.3) is 0 Å². The second kappa shape index (κ2) is 9.62. The van der Waals surface area contributed by atoms with Gasteiger partial charge in [-0.2, -0.15) is 0 Å². The summed E-state index contributed by atoms with van der Waals surface area (Å²) in [5.74, 6) is 1.89. The van der Waals surface area contributed by atoms with Crippen LogP contribution >= 0.6 is 24.8 Å². The molecule has 0 heterocycles. The second-order valence-electron chi connectivity index (χ2n) is 7.10. The second-order valence-corrected chi connectivity index (χ2v) is 7.10. The molecule has 4 unspecified atom stereocenters. The highest BCUT2D eigenvalue weighted by atomic mass is 35.5. The van der Waals surface area contributed by atoms with E-state index in [4.69, 9.17) is 10.5 Å². The van der Waals surface area contributed by atoms with E-state index in [0.29, 0.717) is 18.4 Å². The molecular weight excluding hydrogens is 361 g/mol. The maximum absolute atomic E-state index is 12.5. The van der Waals surface area contributed by atoms with Crippen molar-refractivity contribution in [1.29, 1.82) is 0 Å². The molecule has 2 aliphatic carbocycles. The van der Waals surface area contributed by atoms with Gasteiger partial charge in [0.05, 0.1) is 5.92 Å². The van der Waals surface area contributed by atoms with Crippen molar-refractivity contribution in [3.05, 3.63) is 24.3 Å². The van der Waals surface area contributed by atoms with Crippen molar-refractivity contribution >= 4 is 36.4 Å². The average Bonchev–Trinajstić information content (AvgIpc) is 3.09. The van der Waals surface area contributed by atoms with Crippen LogP contribution in [0.2, 0.25) is 0 Å². The lowest BCUT2D eigenvalue weighted by Crippen LogP contribution is -2.42. The van der Waals surface area contributed by atoms with E-state index < -0.39 is 0 Å². The first-order valence-corrected chi connectivity index (χ1v) is 8.48. The van der Waals surface area contributed by atoms with Crippen molar-refractivity contribution in [2.24, 2.45) is 23.5 Å². The molecule has 2 saturated carbocycles. The highest BCUT2D eigenvalue weighted by molar-refractivity contribution is 5.93. The van der Waals surface area contributed by atoms with Gasteiger partial charge in [0, 0.05) is 18.3 Å². The predicted octanol–water partition coefficient (Wildman–Crippen LogP) is 2.78. The summed E-state index contributed by atoms with van der Waals surface area (Å²) in [6.07, 6.45) is 3.46. The molecule has 25 heavy (non-hydrogen) atoms. The Morgan fingerprint density at radius 1 is 1.20 bits per heavy atom. The van der Waals surface area contributed by atoms with Crippen molar-refractivity contribution < 1.29 is 9.53 Å². The van der Waals surface area contributed by atoms with Gasteiger partial charge in [0.25, 0.3) is 0 Å². The van der Waals surface area contributed by atoms with Crippen molar-refractivity contribution in [3.63, 3.8) is 0 Å². The standard InChI is InChI=1S/C18H27N3O2.2ClH/c1-21(2)9-10-23-15-7-5-14(6-8-15)20-18(22)16-12-3-4-13(11-12)17(16)19;;/h5-8,12-13,16-17H,3-4,9-11,19H2,1-2H3,(H,20,22);2*1H. The van der Waals surface area contributed by atoms with Crippen LogP contribution in [0.4, 0.5) is 5.69 Å². The van der Waals surface area contributed by atoms with Gasteiger partial charge in [-0.3, -0.25) is 4.79 Å². The molecule has 2 aliphatic rings. The summed E-state index contributed by atoms with van der Waals surface area (Å²) in [6, 6.07) is 7.60. The predicted molar refractivity (Wildman–Crippen MR) is 106 cm³/mol. The molecule has 2 bridgehead atoms. The number of nitrogens with one attached hydrogen (secondary N) is 1. The van der Waals surface area contributed by atoms with E-state index >= 15 is 0 Å². The van der Waals surface area contributed by atoms with Crippen molar-refractivity contribution in [1.82, 2.24) is 4.90 Å². The van der Waals surface area contributed by atoms with Crippen molar-refractivity contribution in [3.8, 4) is 5.75 Å². The summed E-state index contributed by atoms with van der Waals surface area (Å²) >= 11 is 0. The van der Waals surface area contributed by atoms with E-state index in [2.05, 4.69) is 10.2 Å². The lowest BCUT2D eigenvalue weighted by atomic mass is 9.84. The quantitative estimate of drug-likeness (QED) is 0.784. The zero-order valence-corrected chi connectivity index (χ0v) is 16.4. The number of ether oxygens (including phenoxy) is 1. The highest BCUT2D eigenvalue weighted by Crippen LogP contribution is 2.47. The lowest BCUT2D eigenvalue weighted by Gasteiger charge is -2.27. The number of halogens is 2. The van der Waals surface area contributed by atoms with Crippen LogP contribution in [0.1, 0.15) is 19.3 Å². The first kappa shape index (κ1) is 22.0. The molecule has 5 nitrogen and oxygen atoms in total. The van der Waals surface area contributed by atoms with Crippen molar-refractivity contribution in [2.75, 3.05) is 32.6 Å². The molecule has 3 N–H and O–H groups in total. The van der Waals surface area contributed by atoms with Gasteiger partial charge >= 0.3 is 0 Å². The van der Waals surface area contributed by atoms with Gasteiger partial charge in [0.15, 0.2) is 0 Å². The number of carbonyl (C=O) groups excluding carboxylic acids is 1. The van der Waals surface area contributed by atoms with Crippen LogP contribution in [-0.4, -0.2) is 44.1 Å². The first-order chi connectivity index (χ1) is 11.0. The van der Waals surface area contributed by atoms with E-state index in [1.54, 1.807) is 0 Å². The smallest absolute Gasteiger partial charge is 0.229 e. The lowest BCUT2D eigenvalue weighted by molar-refractivity contribution is -0.121. The number of likely N-dealkylation sites (N-methyl/N-ethyl adjacent to an activating group) is 1. The van der Waals surface area contributed by atoms with Crippen molar-refractivity contribution in [2.45, 2.75) is 25.3 Å². The van der Waals surface area contributed by atoms with Crippen LogP contribution in [0.5, 0.6) is 5.75 Å². The Bertz CT molecular complexity index is 552. The molecule has 4 atom stereocenters. The molecule has 1 aromatic rings. The van der Waals surface area contributed by atoms with Gasteiger partial charge in [-0.05, 0) is 69.5 Å². The SMILES string of the molecule is CN(C)CCOc1ccc(NC(=O)C2C3CCC(C3)C2N)cc1.Cl.Cl. The number of amides is 1. The number of nitrogens with two attached hydrogens (primary N) is 1. The fourth-order valence-corrected chi connectivity index (χ4v) is 3.93. The number of rotatable bonds is 6. The Morgan fingerprint density at radius 3 is 2.40 bits per heavy atom. The van der Waals surface area contributed by atoms with E-state index in [0.717, 1.165) is 30.8 Å². The van der Waals surface area contributed by atoms with E-state index in [-0.39, 0.29) is 42.7 Å². The molecule has 7 heteroatoms. The minimum atomic E-state index is -0.0234. The molecule has 0 radical (unpaired) electrons. The topological polar surface area (TPSA) is 67.6 Å². The van der Waals surface area contributed by atoms with Gasteiger partial charge in [-0.15, -0.1) is 24.8 Å². The van der Waals surface area contributed by atoms with Crippen LogP contribution in [0.3, 0.4) is 0 Å². The molecule has 142 valence electrons. The van der Waals surface area contributed by atoms with Crippen LogP contribution in [0, 0.1) is 17.8 Å². The minimum Gasteiger partial charge on any atom is -0.492 e. The molecule has 0 saturated heterocycles. The number of nitrogens with zero attached hydrogens (tertiary/aromatic N) is 1. The largest absolute Gasteiger partial charge is 0.492 e. The van der Waals surface area contributed by atoms with Crippen LogP contribution < -0.4 is 15.8 Å². The van der Waals surface area contributed by atoms with Gasteiger partial charge < -0.3 is 20.7 Å². The summed E-state index contributed by atoms with van der Waals surface area (Å²) < 4.78 is 5.66. The van der Waals surface area contributed by atoms with Crippen LogP contribution in [0.15, 0.2) is 24.3 Å². The molecule has 2 fully saturated rings. The van der Waals surface area contributed by atoms with Crippen LogP contribution in [-0.2, 0) is 4.79 Å². The number of fused-ring (bicyclic) bond motifs is 2. The maximum Gasteiger partial charge on any atom is 0.229 e. The fourth-order valence-electron chi connectivity index (χ4n) is 3.93. The van der Waals surface area contributed by atoms with Gasteiger partial charge in [-0.25, -0.2) is 0 Å². The summed E-state index contributed by atoms with van der Waals surface area (Å²) in [5, 5.41) is 3.02. The molecule has 0 aliphatic heterocycles. The van der Waals surface area contributed by atoms with Gasteiger partial charge in [0.2, 0.25) is 5.91 Å². The number of carbonyl (C=O) groups is 1. The highest BCUT2D eigenvalue weighted by Gasteiger charge is 2.49. The minimum absolute atomic E-state index is 0. The Morgan fingerprint density at radius 2 is 1.84 bits per heavy atom. The normalized spacial score (nSPS) is 26.7. The maximum atomic E-state index is 12.5. The van der Waals surface area contributed by atoms with E-state index in [9.17, 15) is 4.79 Å². The molecule has 1 aromatic carbocycles. The third kappa shape index (κ3) is 5.23. The third-order valence-corrected chi connectivity index (χ3v) is 5.21. The molecule has 3 rings (SSSR count). The van der Waals surface area contributed by atoms with Gasteiger partial charge in [0.1, 0.15) is 12.4 Å². The van der Waals surface area contributed by atoms with E-state index in [1.165, 1.54) is 6.42 Å². The zero-order valence-electron chi connectivity index (χ0n) is 14.8. The van der Waals surface area contributed by atoms with E-state index in [1.807, 2.05) is 38.4 Å². The average molecular weight is 390 g/mol. The third-order valence-electron chi connectivity index (χ3n) is 5.21. The summed E-state index contributed by atoms with van der Waals surface area (Å²) in [6.45, 7) is 1.53. The van der Waals surface area contributed by atoms with Gasteiger partial charge in [-0.1, -0.05) is 0 Å². The number of anilines is 1.